The Morgan fingerprint density at radius 1 is 0.596 bits per heavy atom. The molecule has 0 aliphatic rings. The molecule has 0 aromatic carbocycles. The first-order valence-electron chi connectivity index (χ1n) is 20.4. The van der Waals surface area contributed by atoms with E-state index >= 15 is 0 Å². The van der Waals surface area contributed by atoms with E-state index in [9.17, 15) is 19.5 Å². The van der Waals surface area contributed by atoms with Gasteiger partial charge in [0.05, 0.1) is 0 Å². The third-order valence-electron chi connectivity index (χ3n) is 8.43. The molecule has 0 spiro atoms. The number of carboxylic acids is 1. The number of hydrogen-bond acceptors (Lipinski definition) is 5. The molecule has 0 aromatic heterocycles. The number of ether oxygens (including phenoxy) is 1. The molecule has 0 radical (unpaired) electrons. The van der Waals surface area contributed by atoms with Crippen molar-refractivity contribution in [2.24, 2.45) is 5.73 Å². The lowest BCUT2D eigenvalue weighted by Crippen LogP contribution is -2.40. The van der Waals surface area contributed by atoms with Gasteiger partial charge in [-0.3, -0.25) is 9.59 Å². The maximum absolute atomic E-state index is 12.7. The molecule has 52 heavy (non-hydrogen) atoms. The van der Waals surface area contributed by atoms with E-state index in [4.69, 9.17) is 10.5 Å². The second-order valence-corrected chi connectivity index (χ2v) is 13.3. The van der Waals surface area contributed by atoms with Gasteiger partial charge in [-0.05, 0) is 115 Å². The molecule has 7 nitrogen and oxygen atoms in total. The van der Waals surface area contributed by atoms with Crippen LogP contribution in [0.2, 0.25) is 0 Å². The van der Waals surface area contributed by atoms with Crippen LogP contribution in [0.5, 0.6) is 0 Å². The summed E-state index contributed by atoms with van der Waals surface area (Å²) in [6.07, 6.45) is 50.7. The highest BCUT2D eigenvalue weighted by atomic mass is 16.5. The van der Waals surface area contributed by atoms with E-state index in [0.29, 0.717) is 38.6 Å². The van der Waals surface area contributed by atoms with E-state index in [1.165, 1.54) is 19.3 Å². The molecule has 2 unspecified atom stereocenters. The highest BCUT2D eigenvalue weighted by molar-refractivity contribution is 5.83. The minimum Gasteiger partial charge on any atom is -0.480 e. The fourth-order valence-corrected chi connectivity index (χ4v) is 5.36. The van der Waals surface area contributed by atoms with Crippen LogP contribution in [0.15, 0.2) is 85.1 Å². The SMILES string of the molecule is CC/C=C\C/C=C\C/C=C\C/C=C\C/C=C\CCCCCC(=O)OC(/C=C\C/C=C\CCCCC)CCCCCCC(=O)NC(CCCN)C(=O)O. The summed E-state index contributed by atoms with van der Waals surface area (Å²) in [6.45, 7) is 4.76. The number of hydrogen-bond donors (Lipinski definition) is 3. The topological polar surface area (TPSA) is 119 Å². The lowest BCUT2D eigenvalue weighted by atomic mass is 10.1. The molecule has 0 saturated carbocycles. The van der Waals surface area contributed by atoms with Crippen molar-refractivity contribution in [2.45, 2.75) is 174 Å². The quantitative estimate of drug-likeness (QED) is 0.0340. The van der Waals surface area contributed by atoms with E-state index < -0.39 is 12.0 Å². The fourth-order valence-electron chi connectivity index (χ4n) is 5.36. The highest BCUT2D eigenvalue weighted by Gasteiger charge is 2.19. The van der Waals surface area contributed by atoms with Crippen LogP contribution in [-0.4, -0.2) is 41.6 Å². The molecule has 7 heteroatoms. The van der Waals surface area contributed by atoms with Crippen molar-refractivity contribution in [1.29, 1.82) is 0 Å². The number of carbonyl (C=O) groups is 3. The van der Waals surface area contributed by atoms with Gasteiger partial charge < -0.3 is 20.9 Å². The smallest absolute Gasteiger partial charge is 0.326 e. The average molecular weight is 723 g/mol. The van der Waals surface area contributed by atoms with Gasteiger partial charge in [-0.15, -0.1) is 0 Å². The number of aliphatic carboxylic acids is 1. The van der Waals surface area contributed by atoms with Crippen molar-refractivity contribution in [1.82, 2.24) is 5.32 Å². The first-order chi connectivity index (χ1) is 25.4. The van der Waals surface area contributed by atoms with Gasteiger partial charge in [-0.25, -0.2) is 4.79 Å². The summed E-state index contributed by atoms with van der Waals surface area (Å²) < 4.78 is 5.88. The molecule has 294 valence electrons. The van der Waals surface area contributed by atoms with Crippen molar-refractivity contribution in [3.05, 3.63) is 85.1 Å². The number of carboxylic acid groups (broad SMARTS) is 1. The minimum absolute atomic E-state index is 0.140. The lowest BCUT2D eigenvalue weighted by Gasteiger charge is -2.15. The number of amides is 1. The maximum Gasteiger partial charge on any atom is 0.326 e. The maximum atomic E-state index is 12.7. The van der Waals surface area contributed by atoms with E-state index in [0.717, 1.165) is 96.3 Å². The van der Waals surface area contributed by atoms with Crippen molar-refractivity contribution in [2.75, 3.05) is 6.54 Å². The van der Waals surface area contributed by atoms with Gasteiger partial charge in [-0.2, -0.15) is 0 Å². The highest BCUT2D eigenvalue weighted by Crippen LogP contribution is 2.14. The molecule has 0 aliphatic heterocycles. The average Bonchev–Trinajstić information content (AvgIpc) is 3.13. The number of allylic oxidation sites excluding steroid dienone is 13. The summed E-state index contributed by atoms with van der Waals surface area (Å²) in [7, 11) is 0. The Kier molecular flexibility index (Phi) is 36.2. The van der Waals surface area contributed by atoms with Gasteiger partial charge in [0.1, 0.15) is 12.1 Å². The fraction of sp³-hybridized carbons (Fsp3) is 0.622. The Morgan fingerprint density at radius 3 is 1.69 bits per heavy atom. The Bertz CT molecular complexity index is 1090. The largest absolute Gasteiger partial charge is 0.480 e. The van der Waals surface area contributed by atoms with E-state index in [1.807, 2.05) is 6.08 Å². The number of carbonyl (C=O) groups excluding carboxylic acids is 2. The molecule has 0 fully saturated rings. The molecule has 4 N–H and O–H groups in total. The third-order valence-corrected chi connectivity index (χ3v) is 8.43. The third kappa shape index (κ3) is 35.0. The molecule has 0 rings (SSSR count). The lowest BCUT2D eigenvalue weighted by molar-refractivity contribution is -0.147. The zero-order valence-electron chi connectivity index (χ0n) is 32.9. The number of nitrogens with one attached hydrogen (secondary N) is 1. The van der Waals surface area contributed by atoms with Crippen LogP contribution in [0.25, 0.3) is 0 Å². The molecule has 0 aromatic rings. The monoisotopic (exact) mass is 723 g/mol. The van der Waals surface area contributed by atoms with Crippen LogP contribution in [0, 0.1) is 0 Å². The molecule has 2 atom stereocenters. The van der Waals surface area contributed by atoms with Gasteiger partial charge in [0.25, 0.3) is 0 Å². The van der Waals surface area contributed by atoms with Gasteiger partial charge in [-0.1, -0.05) is 125 Å². The Hall–Kier alpha value is -3.45. The van der Waals surface area contributed by atoms with Crippen LogP contribution >= 0.6 is 0 Å². The first-order valence-corrected chi connectivity index (χ1v) is 20.4. The van der Waals surface area contributed by atoms with E-state index in [-0.39, 0.29) is 18.0 Å². The standard InChI is InChI=1S/C45H74N2O5/c1-3-5-7-9-11-13-14-15-16-17-18-19-20-21-22-23-25-27-33-39-44(49)52-41(35-30-26-24-12-10-8-6-4-2)36-31-28-29-32-38-43(48)47-42(45(50)51)37-34-40-46/h5,7,11-13,15-16,18-19,21-22,24,30,35,41-42H,3-4,6,8-10,14,17,20,23,25-29,31-34,36-40,46H2,1-2H3,(H,47,48)(H,50,51)/b7-5-,13-11-,16-15-,19-18-,22-21-,24-12-,35-30-. The number of nitrogens with two attached hydrogens (primary N) is 1. The predicted molar refractivity (Wildman–Crippen MR) is 220 cm³/mol. The summed E-state index contributed by atoms with van der Waals surface area (Å²) >= 11 is 0. The Morgan fingerprint density at radius 2 is 1.12 bits per heavy atom. The molecular formula is C45H74N2O5. The van der Waals surface area contributed by atoms with Crippen molar-refractivity contribution in [3.63, 3.8) is 0 Å². The number of esters is 1. The predicted octanol–water partition coefficient (Wildman–Crippen LogP) is 11.3. The zero-order valence-corrected chi connectivity index (χ0v) is 32.9. The van der Waals surface area contributed by atoms with Crippen LogP contribution in [-0.2, 0) is 19.1 Å². The summed E-state index contributed by atoms with van der Waals surface area (Å²) in [5.41, 5.74) is 5.47. The summed E-state index contributed by atoms with van der Waals surface area (Å²) in [4.78, 5) is 36.3. The molecule has 1 amide bonds. The van der Waals surface area contributed by atoms with Gasteiger partial charge in [0.15, 0.2) is 0 Å². The van der Waals surface area contributed by atoms with Crippen LogP contribution in [0.1, 0.15) is 162 Å². The first kappa shape index (κ1) is 48.5. The summed E-state index contributed by atoms with van der Waals surface area (Å²) in [5, 5.41) is 11.9. The van der Waals surface area contributed by atoms with E-state index in [2.05, 4.69) is 98.2 Å². The van der Waals surface area contributed by atoms with Crippen molar-refractivity contribution in [3.8, 4) is 0 Å². The second-order valence-electron chi connectivity index (χ2n) is 13.3. The van der Waals surface area contributed by atoms with Crippen LogP contribution < -0.4 is 11.1 Å². The minimum atomic E-state index is -1.02. The number of rotatable bonds is 35. The van der Waals surface area contributed by atoms with Gasteiger partial charge >= 0.3 is 11.9 Å². The Labute approximate surface area is 317 Å². The summed E-state index contributed by atoms with van der Waals surface area (Å²) in [6, 6.07) is -0.881. The molecular weight excluding hydrogens is 649 g/mol. The van der Waals surface area contributed by atoms with Gasteiger partial charge in [0.2, 0.25) is 5.91 Å². The van der Waals surface area contributed by atoms with Crippen molar-refractivity contribution >= 4 is 17.8 Å². The normalized spacial score (nSPS) is 13.6. The van der Waals surface area contributed by atoms with Crippen molar-refractivity contribution < 1.29 is 24.2 Å². The van der Waals surface area contributed by atoms with Gasteiger partial charge in [0, 0.05) is 12.8 Å². The zero-order chi connectivity index (χ0) is 38.2. The molecule has 0 bridgehead atoms. The Balaban J connectivity index is 4.39. The molecule has 0 saturated heterocycles. The summed E-state index contributed by atoms with van der Waals surface area (Å²) in [5.74, 6) is -1.40. The van der Waals surface area contributed by atoms with E-state index in [1.54, 1.807) is 0 Å². The van der Waals surface area contributed by atoms with Crippen LogP contribution in [0.4, 0.5) is 0 Å². The second kappa shape index (κ2) is 38.8. The number of unbranched alkanes of at least 4 members (excludes halogenated alkanes) is 9. The molecule has 0 aliphatic carbocycles. The molecule has 0 heterocycles. The van der Waals surface area contributed by atoms with Crippen LogP contribution in [0.3, 0.4) is 0 Å².